The number of aromatic nitrogens is 3. The van der Waals surface area contributed by atoms with Crippen molar-refractivity contribution in [3.8, 4) is 11.1 Å². The molecule has 1 aliphatic rings. The maximum absolute atomic E-state index is 11.8. The fourth-order valence-electron chi connectivity index (χ4n) is 4.69. The van der Waals surface area contributed by atoms with E-state index in [-0.39, 0.29) is 24.8 Å². The number of urea groups is 1. The third-order valence-corrected chi connectivity index (χ3v) is 8.08. The monoisotopic (exact) mass is 573 g/mol. The van der Waals surface area contributed by atoms with Gasteiger partial charge in [0.25, 0.3) is 0 Å². The lowest BCUT2D eigenvalue weighted by Gasteiger charge is -2.36. The van der Waals surface area contributed by atoms with Gasteiger partial charge in [0.05, 0.1) is 18.8 Å². The summed E-state index contributed by atoms with van der Waals surface area (Å²) in [7, 11) is 1.93. The van der Waals surface area contributed by atoms with Crippen molar-refractivity contribution in [2.75, 3.05) is 12.3 Å². The van der Waals surface area contributed by atoms with Crippen LogP contribution in [0.2, 0.25) is 0 Å². The van der Waals surface area contributed by atoms with Gasteiger partial charge < -0.3 is 29.8 Å². The van der Waals surface area contributed by atoms with Crippen LogP contribution in [0.3, 0.4) is 0 Å². The second-order valence-corrected chi connectivity index (χ2v) is 10.9. The molecule has 1 fully saturated rings. The van der Waals surface area contributed by atoms with Crippen molar-refractivity contribution >= 4 is 17.8 Å². The van der Waals surface area contributed by atoms with Crippen LogP contribution in [0.25, 0.3) is 11.1 Å². The molecule has 10 heteroatoms. The van der Waals surface area contributed by atoms with Crippen LogP contribution in [-0.2, 0) is 29.7 Å². The lowest BCUT2D eigenvalue weighted by atomic mass is 9.99. The van der Waals surface area contributed by atoms with Gasteiger partial charge in [-0.05, 0) is 40.8 Å². The minimum atomic E-state index is -0.530. The molecule has 0 spiro atoms. The number of carbonyl (C=O) groups is 1. The summed E-state index contributed by atoms with van der Waals surface area (Å²) in [6.07, 6.45) is 1.65. The molecule has 2 heterocycles. The molecule has 0 bridgehead atoms. The summed E-state index contributed by atoms with van der Waals surface area (Å²) in [6, 6.07) is 24.1. The second kappa shape index (κ2) is 13.8. The van der Waals surface area contributed by atoms with Crippen molar-refractivity contribution in [2.24, 2.45) is 7.05 Å². The van der Waals surface area contributed by atoms with Crippen LogP contribution in [0.15, 0.2) is 84.3 Å². The number of carbonyl (C=O) groups excluding carboxylic acids is 1. The van der Waals surface area contributed by atoms with Gasteiger partial charge >= 0.3 is 6.03 Å². The second-order valence-electron chi connectivity index (χ2n) is 9.92. The zero-order valence-electron chi connectivity index (χ0n) is 23.2. The van der Waals surface area contributed by atoms with Crippen LogP contribution in [0.4, 0.5) is 4.79 Å². The van der Waals surface area contributed by atoms with Crippen LogP contribution < -0.4 is 10.6 Å². The summed E-state index contributed by atoms with van der Waals surface area (Å²) >= 11 is 1.62. The Morgan fingerprint density at radius 1 is 1.00 bits per heavy atom. The minimum absolute atomic E-state index is 0.00840. The van der Waals surface area contributed by atoms with E-state index in [1.807, 2.05) is 67.1 Å². The van der Waals surface area contributed by atoms with Gasteiger partial charge in [-0.2, -0.15) is 0 Å². The molecular formula is C31H35N5O4S. The first-order chi connectivity index (χ1) is 20.0. The van der Waals surface area contributed by atoms with Gasteiger partial charge in [0.2, 0.25) is 0 Å². The Labute approximate surface area is 244 Å². The van der Waals surface area contributed by atoms with Crippen LogP contribution >= 0.6 is 11.8 Å². The Balaban J connectivity index is 1.31. The maximum atomic E-state index is 11.8. The van der Waals surface area contributed by atoms with E-state index in [9.17, 15) is 9.90 Å². The Kier molecular flexibility index (Phi) is 9.68. The summed E-state index contributed by atoms with van der Waals surface area (Å²) in [4.78, 5) is 11.8. The highest BCUT2D eigenvalue weighted by Gasteiger charge is 2.32. The van der Waals surface area contributed by atoms with Gasteiger partial charge in [-0.15, -0.1) is 10.2 Å². The number of aliphatic hydroxyl groups is 1. The van der Waals surface area contributed by atoms with Crippen LogP contribution in [-0.4, -0.2) is 44.3 Å². The summed E-state index contributed by atoms with van der Waals surface area (Å²) in [5.41, 5.74) is 6.01. The van der Waals surface area contributed by atoms with E-state index in [2.05, 4.69) is 45.1 Å². The third kappa shape index (κ3) is 7.53. The number of nitrogens with one attached hydrogen (secondary N) is 2. The summed E-state index contributed by atoms with van der Waals surface area (Å²) in [5.74, 6) is 0.715. The number of amides is 2. The van der Waals surface area contributed by atoms with E-state index in [4.69, 9.17) is 9.47 Å². The lowest BCUT2D eigenvalue weighted by Crippen LogP contribution is -2.34. The summed E-state index contributed by atoms with van der Waals surface area (Å²) < 4.78 is 14.8. The zero-order chi connectivity index (χ0) is 28.6. The molecule has 3 aromatic carbocycles. The number of thioether (sulfide) groups is 1. The van der Waals surface area contributed by atoms with Gasteiger partial charge in [-0.25, -0.2) is 4.79 Å². The summed E-state index contributed by atoms with van der Waals surface area (Å²) in [6.45, 7) is 2.94. The molecule has 2 amide bonds. The number of benzene rings is 3. The third-order valence-electron chi connectivity index (χ3n) is 6.92. The first kappa shape index (κ1) is 28.8. The summed E-state index contributed by atoms with van der Waals surface area (Å²) in [5, 5.41) is 24.1. The van der Waals surface area contributed by atoms with Crippen molar-refractivity contribution in [2.45, 2.75) is 50.2 Å². The predicted molar refractivity (Wildman–Crippen MR) is 158 cm³/mol. The van der Waals surface area contributed by atoms with E-state index >= 15 is 0 Å². The first-order valence-electron chi connectivity index (χ1n) is 13.7. The average Bonchev–Trinajstić information content (AvgIpc) is 3.43. The van der Waals surface area contributed by atoms with E-state index in [1.54, 1.807) is 18.1 Å². The molecule has 214 valence electrons. The van der Waals surface area contributed by atoms with E-state index in [0.717, 1.165) is 38.5 Å². The Morgan fingerprint density at radius 2 is 1.78 bits per heavy atom. The topological polar surface area (TPSA) is 111 Å². The van der Waals surface area contributed by atoms with Crippen molar-refractivity contribution in [3.05, 3.63) is 101 Å². The lowest BCUT2D eigenvalue weighted by molar-refractivity contribution is -0.245. The van der Waals surface area contributed by atoms with Crippen molar-refractivity contribution in [3.63, 3.8) is 0 Å². The van der Waals surface area contributed by atoms with E-state index in [1.165, 1.54) is 0 Å². The number of aliphatic hydroxyl groups excluding tert-OH is 1. The van der Waals surface area contributed by atoms with E-state index < -0.39 is 6.29 Å². The highest BCUT2D eigenvalue weighted by atomic mass is 32.2. The van der Waals surface area contributed by atoms with Gasteiger partial charge in [0.15, 0.2) is 11.4 Å². The van der Waals surface area contributed by atoms with Crippen LogP contribution in [0.5, 0.6) is 0 Å². The van der Waals surface area contributed by atoms with Crippen molar-refractivity contribution < 1.29 is 19.4 Å². The number of hydrogen-bond donors (Lipinski definition) is 3. The highest BCUT2D eigenvalue weighted by molar-refractivity contribution is 7.99. The largest absolute Gasteiger partial charge is 0.392 e. The molecule has 5 rings (SSSR count). The molecule has 4 aromatic rings. The molecule has 3 atom stereocenters. The Morgan fingerprint density at radius 3 is 2.49 bits per heavy atom. The SMILES string of the molecule is CCNC(=O)NCc1cccc(-c2ccc(C3OC(CSc4nncn4C)CC(c4ccc(CO)cc4)O3)cc2)c1. The molecule has 0 aliphatic carbocycles. The molecule has 9 nitrogen and oxygen atoms in total. The number of aryl methyl sites for hydroxylation is 1. The predicted octanol–water partition coefficient (Wildman–Crippen LogP) is 5.13. The highest BCUT2D eigenvalue weighted by Crippen LogP contribution is 2.39. The molecule has 1 aromatic heterocycles. The molecule has 3 unspecified atom stereocenters. The van der Waals surface area contributed by atoms with Gasteiger partial charge in [-0.1, -0.05) is 78.5 Å². The molecule has 1 aliphatic heterocycles. The maximum Gasteiger partial charge on any atom is 0.315 e. The number of ether oxygens (including phenoxy) is 2. The zero-order valence-corrected chi connectivity index (χ0v) is 24.0. The molecule has 1 saturated heterocycles. The molecular weight excluding hydrogens is 538 g/mol. The normalized spacial score (nSPS) is 18.7. The molecule has 0 radical (unpaired) electrons. The van der Waals surface area contributed by atoms with Crippen molar-refractivity contribution in [1.82, 2.24) is 25.4 Å². The Bertz CT molecular complexity index is 1430. The van der Waals surface area contributed by atoms with Gasteiger partial charge in [0, 0.05) is 37.9 Å². The fourth-order valence-corrected chi connectivity index (χ4v) is 5.60. The van der Waals surface area contributed by atoms with Gasteiger partial charge in [0.1, 0.15) is 6.33 Å². The fraction of sp³-hybridized carbons (Fsp3) is 0.323. The average molecular weight is 574 g/mol. The smallest absolute Gasteiger partial charge is 0.315 e. The van der Waals surface area contributed by atoms with Crippen LogP contribution in [0, 0.1) is 0 Å². The number of hydrogen-bond acceptors (Lipinski definition) is 7. The van der Waals surface area contributed by atoms with E-state index in [0.29, 0.717) is 25.3 Å². The quantitative estimate of drug-likeness (QED) is 0.226. The molecule has 3 N–H and O–H groups in total. The first-order valence-corrected chi connectivity index (χ1v) is 14.7. The van der Waals surface area contributed by atoms with Gasteiger partial charge in [-0.3, -0.25) is 0 Å². The number of nitrogens with zero attached hydrogens (tertiary/aromatic N) is 3. The minimum Gasteiger partial charge on any atom is -0.392 e. The van der Waals surface area contributed by atoms with Crippen LogP contribution in [0.1, 0.15) is 48.0 Å². The number of rotatable bonds is 10. The Hall–Kier alpha value is -3.70. The van der Waals surface area contributed by atoms with Crippen molar-refractivity contribution in [1.29, 1.82) is 0 Å². The standard InChI is InChI=1S/C31H35N5O4S/c1-3-32-30(38)33-17-22-5-4-6-26(15-22)23-11-13-25(14-12-23)29-39-27(19-41-31-35-34-20-36(31)2)16-28(40-29)24-9-7-21(18-37)8-10-24/h4-15,20,27-29,37H,3,16-19H2,1-2H3,(H2,32,33,38). The molecule has 41 heavy (non-hydrogen) atoms. The molecule has 0 saturated carbocycles.